The zero-order chi connectivity index (χ0) is 33.9. The summed E-state index contributed by atoms with van der Waals surface area (Å²) in [4.78, 5) is 14.0. The van der Waals surface area contributed by atoms with E-state index in [4.69, 9.17) is 9.47 Å². The number of hydrogen-bond donors (Lipinski definition) is 1. The van der Waals surface area contributed by atoms with Crippen molar-refractivity contribution in [3.05, 3.63) is 53.6 Å². The van der Waals surface area contributed by atoms with Gasteiger partial charge < -0.3 is 19.7 Å². The molecule has 0 saturated carbocycles. The monoisotopic (exact) mass is 639 g/mol. The van der Waals surface area contributed by atoms with Crippen LogP contribution in [0.2, 0.25) is 0 Å². The van der Waals surface area contributed by atoms with Crippen molar-refractivity contribution in [2.75, 3.05) is 45.0 Å². The highest BCUT2D eigenvalue weighted by Gasteiger charge is 2.31. The molecule has 1 amide bonds. The van der Waals surface area contributed by atoms with E-state index in [9.17, 15) is 13.2 Å². The summed E-state index contributed by atoms with van der Waals surface area (Å²) in [6.45, 7) is 17.0. The van der Waals surface area contributed by atoms with Crippen LogP contribution in [0.4, 0.5) is 11.4 Å². The molecule has 0 radical (unpaired) electrons. The van der Waals surface area contributed by atoms with Gasteiger partial charge in [0.25, 0.3) is 0 Å². The van der Waals surface area contributed by atoms with Gasteiger partial charge in [-0.3, -0.25) is 4.79 Å². The molecule has 8 nitrogen and oxygen atoms in total. The summed E-state index contributed by atoms with van der Waals surface area (Å²) in [6.07, 6.45) is 2.20. The number of amides is 1. The molecule has 0 fully saturated rings. The summed E-state index contributed by atoms with van der Waals surface area (Å²) in [6, 6.07) is 13.2. The Balaban J connectivity index is 2.07. The first-order valence-electron chi connectivity index (χ1n) is 15.8. The first kappa shape index (κ1) is 36.2. The van der Waals surface area contributed by atoms with Crippen LogP contribution in [-0.4, -0.2) is 59.5 Å². The summed E-state index contributed by atoms with van der Waals surface area (Å²) in [7, 11) is 2.58. The predicted octanol–water partition coefficient (Wildman–Crippen LogP) is 7.73. The number of benzene rings is 3. The predicted molar refractivity (Wildman–Crippen MR) is 187 cm³/mol. The van der Waals surface area contributed by atoms with Crippen LogP contribution >= 0.6 is 0 Å². The third-order valence-corrected chi connectivity index (χ3v) is 11.4. The van der Waals surface area contributed by atoms with Gasteiger partial charge in [0.05, 0.1) is 35.3 Å². The van der Waals surface area contributed by atoms with Gasteiger partial charge in [0.1, 0.15) is 11.9 Å². The summed E-state index contributed by atoms with van der Waals surface area (Å²) >= 11 is 0. The van der Waals surface area contributed by atoms with E-state index in [0.29, 0.717) is 34.3 Å². The van der Waals surface area contributed by atoms with Gasteiger partial charge in [-0.05, 0) is 59.9 Å². The van der Waals surface area contributed by atoms with Crippen LogP contribution in [0, 0.1) is 0 Å². The topological polar surface area (TPSA) is 88.2 Å². The van der Waals surface area contributed by atoms with Crippen molar-refractivity contribution in [2.45, 2.75) is 96.5 Å². The maximum atomic E-state index is 14.2. The Morgan fingerprint density at radius 2 is 1.60 bits per heavy atom. The Bertz CT molecular complexity index is 1630. The van der Waals surface area contributed by atoms with Crippen LogP contribution in [0.5, 0.6) is 11.5 Å². The van der Waals surface area contributed by atoms with Crippen molar-refractivity contribution in [2.24, 2.45) is 0 Å². The fourth-order valence-electron chi connectivity index (χ4n) is 5.41. The Morgan fingerprint density at radius 3 is 2.13 bits per heavy atom. The van der Waals surface area contributed by atoms with Gasteiger partial charge >= 0.3 is 0 Å². The molecule has 0 aliphatic rings. The summed E-state index contributed by atoms with van der Waals surface area (Å²) in [5, 5.41) is 4.11. The number of likely N-dealkylation sites (N-methyl/N-ethyl adjacent to an activating group) is 1. The number of methoxy groups -OCH3 is 1. The fraction of sp³-hybridized carbons (Fsp3) is 0.528. The van der Waals surface area contributed by atoms with E-state index in [-0.39, 0.29) is 34.3 Å². The SMILES string of the molecule is CCC(CN(C)S(=O)(=O)c1ccc(N(C)C(C)=O)c2c(OC)c(NC)ccc12)Oc1ccc(C(C)(C)CC)cc1C(C)(C)CC. The quantitative estimate of drug-likeness (QED) is 0.194. The zero-order valence-corrected chi connectivity index (χ0v) is 30.1. The highest BCUT2D eigenvalue weighted by Crippen LogP contribution is 2.43. The van der Waals surface area contributed by atoms with Crippen LogP contribution in [0.3, 0.4) is 0 Å². The largest absolute Gasteiger partial charge is 0.494 e. The molecule has 1 atom stereocenters. The number of carbonyl (C=O) groups excluding carboxylic acids is 1. The second kappa shape index (κ2) is 14.0. The van der Waals surface area contributed by atoms with Crippen LogP contribution in [0.25, 0.3) is 10.8 Å². The molecule has 3 rings (SSSR count). The lowest BCUT2D eigenvalue weighted by Gasteiger charge is -2.32. The standard InChI is InChI=1S/C36H53N3O5S/c1-13-26(44-31-20-16-25(35(5,6)14-2)22-28(31)36(7,8)15-3)23-38(10)45(41,42)32-21-19-30(39(11)24(4)40)33-27(32)17-18-29(37-9)34(33)43-12/h16-22,26,37H,13-15,23H2,1-12H3. The minimum Gasteiger partial charge on any atom is -0.494 e. The van der Waals surface area contributed by atoms with Gasteiger partial charge in [-0.2, -0.15) is 4.31 Å². The molecule has 3 aromatic rings. The Kier molecular flexibility index (Phi) is 11.2. The Labute approximate surface area is 271 Å². The van der Waals surface area contributed by atoms with Crippen molar-refractivity contribution in [3.8, 4) is 11.5 Å². The molecular formula is C36H53N3O5S. The molecule has 0 heterocycles. The highest BCUT2D eigenvalue weighted by molar-refractivity contribution is 7.89. The van der Waals surface area contributed by atoms with Crippen molar-refractivity contribution in [3.63, 3.8) is 0 Å². The first-order valence-corrected chi connectivity index (χ1v) is 17.3. The third kappa shape index (κ3) is 7.25. The minimum atomic E-state index is -3.97. The number of nitrogens with one attached hydrogen (secondary N) is 1. The lowest BCUT2D eigenvalue weighted by molar-refractivity contribution is -0.116. The van der Waals surface area contributed by atoms with E-state index in [1.807, 2.05) is 6.92 Å². The van der Waals surface area contributed by atoms with Crippen LogP contribution in [0.1, 0.15) is 85.8 Å². The number of carbonyl (C=O) groups is 1. The van der Waals surface area contributed by atoms with E-state index in [1.165, 1.54) is 28.8 Å². The van der Waals surface area contributed by atoms with E-state index < -0.39 is 10.0 Å². The van der Waals surface area contributed by atoms with E-state index in [2.05, 4.69) is 65.1 Å². The van der Waals surface area contributed by atoms with Crippen molar-refractivity contribution < 1.29 is 22.7 Å². The minimum absolute atomic E-state index is 0.0315. The van der Waals surface area contributed by atoms with Crippen LogP contribution < -0.4 is 19.7 Å². The number of anilines is 2. The van der Waals surface area contributed by atoms with Crippen molar-refractivity contribution in [1.82, 2.24) is 4.31 Å². The van der Waals surface area contributed by atoms with Crippen molar-refractivity contribution in [1.29, 1.82) is 0 Å². The number of fused-ring (bicyclic) bond motifs is 1. The molecule has 45 heavy (non-hydrogen) atoms. The summed E-state index contributed by atoms with van der Waals surface area (Å²) < 4.78 is 42.2. The highest BCUT2D eigenvalue weighted by atomic mass is 32.2. The smallest absolute Gasteiger partial charge is 0.243 e. The lowest BCUT2D eigenvalue weighted by Crippen LogP contribution is -2.37. The van der Waals surface area contributed by atoms with E-state index in [0.717, 1.165) is 24.2 Å². The lowest BCUT2D eigenvalue weighted by atomic mass is 9.76. The van der Waals surface area contributed by atoms with E-state index in [1.54, 1.807) is 45.4 Å². The summed E-state index contributed by atoms with van der Waals surface area (Å²) in [5.41, 5.74) is 3.56. The molecule has 9 heteroatoms. The number of ether oxygens (including phenoxy) is 2. The van der Waals surface area contributed by atoms with Crippen LogP contribution in [0.15, 0.2) is 47.4 Å². The van der Waals surface area contributed by atoms with Gasteiger partial charge in [0, 0.05) is 39.0 Å². The fourth-order valence-corrected chi connectivity index (χ4v) is 6.80. The normalized spacial score (nSPS) is 13.2. The molecule has 0 aromatic heterocycles. The second-order valence-corrected chi connectivity index (χ2v) is 15.1. The van der Waals surface area contributed by atoms with Gasteiger partial charge in [0.2, 0.25) is 15.9 Å². The molecule has 0 spiro atoms. The van der Waals surface area contributed by atoms with Gasteiger partial charge in [0.15, 0.2) is 5.75 Å². The number of nitrogens with zero attached hydrogens (tertiary/aromatic N) is 2. The van der Waals surface area contributed by atoms with Crippen molar-refractivity contribution >= 4 is 38.1 Å². The maximum Gasteiger partial charge on any atom is 0.243 e. The second-order valence-electron chi connectivity index (χ2n) is 13.1. The third-order valence-electron chi connectivity index (χ3n) is 9.53. The molecule has 0 aliphatic carbocycles. The molecular weight excluding hydrogens is 586 g/mol. The molecule has 0 aliphatic heterocycles. The molecule has 1 N–H and O–H groups in total. The maximum absolute atomic E-state index is 14.2. The summed E-state index contributed by atoms with van der Waals surface area (Å²) in [5.74, 6) is 1.08. The molecule has 1 unspecified atom stereocenters. The zero-order valence-electron chi connectivity index (χ0n) is 29.3. The molecule has 0 saturated heterocycles. The average molecular weight is 640 g/mol. The van der Waals surface area contributed by atoms with Gasteiger partial charge in [-0.15, -0.1) is 0 Å². The number of sulfonamides is 1. The van der Waals surface area contributed by atoms with Gasteiger partial charge in [-0.25, -0.2) is 8.42 Å². The van der Waals surface area contributed by atoms with Crippen LogP contribution in [-0.2, 0) is 25.6 Å². The number of rotatable bonds is 14. The average Bonchev–Trinajstić information content (AvgIpc) is 3.02. The number of hydrogen-bond acceptors (Lipinski definition) is 6. The Hall–Kier alpha value is -3.30. The van der Waals surface area contributed by atoms with E-state index >= 15 is 0 Å². The van der Waals surface area contributed by atoms with Gasteiger partial charge in [-0.1, -0.05) is 66.7 Å². The molecule has 0 bridgehead atoms. The molecule has 3 aromatic carbocycles. The first-order chi connectivity index (χ1) is 21.0. The molecule has 248 valence electrons. The Morgan fingerprint density at radius 1 is 0.956 bits per heavy atom.